The minimum Gasteiger partial charge on any atom is -0.497 e. The van der Waals surface area contributed by atoms with E-state index in [2.05, 4.69) is 33.4 Å². The number of nitrogens with zero attached hydrogens (tertiary/aromatic N) is 3. The Labute approximate surface area is 194 Å². The average molecular weight is 444 g/mol. The Morgan fingerprint density at radius 1 is 1.06 bits per heavy atom. The van der Waals surface area contributed by atoms with E-state index in [1.165, 1.54) is 0 Å². The first-order valence-corrected chi connectivity index (χ1v) is 11.0. The van der Waals surface area contributed by atoms with Crippen molar-refractivity contribution in [1.29, 1.82) is 0 Å². The quantitative estimate of drug-likeness (QED) is 0.435. The van der Waals surface area contributed by atoms with E-state index in [1.54, 1.807) is 7.11 Å². The number of nitrogen functional groups attached to an aromatic ring is 1. The fourth-order valence-electron chi connectivity index (χ4n) is 4.30. The van der Waals surface area contributed by atoms with Gasteiger partial charge >= 0.3 is 0 Å². The smallest absolute Gasteiger partial charge is 0.140 e. The van der Waals surface area contributed by atoms with Gasteiger partial charge in [0.25, 0.3) is 0 Å². The van der Waals surface area contributed by atoms with Crippen molar-refractivity contribution in [2.24, 2.45) is 0 Å². The van der Waals surface area contributed by atoms with E-state index in [0.29, 0.717) is 13.2 Å². The Morgan fingerprint density at radius 3 is 2.67 bits per heavy atom. The van der Waals surface area contributed by atoms with Crippen molar-refractivity contribution < 1.29 is 10.9 Å². The standard InChI is InChI=1S/C26H27N5O2.H2/c1-16-29-24-14-20(32-3)6-7-21(24)26(30-16)31-10-11-33-25-9-5-17(12-19(25)15-31)18-4-8-23(28-2)22(27)13-18;/h4-9,12-14,28H,10-11,15,27H2,1-3H3;1H. The molecule has 1 aromatic heterocycles. The monoisotopic (exact) mass is 443 g/mol. The molecule has 5 rings (SSSR count). The van der Waals surface area contributed by atoms with Crippen LogP contribution in [0.15, 0.2) is 54.6 Å². The summed E-state index contributed by atoms with van der Waals surface area (Å²) in [4.78, 5) is 11.7. The zero-order chi connectivity index (χ0) is 22.9. The van der Waals surface area contributed by atoms with Gasteiger partial charge in [0.1, 0.15) is 29.7 Å². The minimum absolute atomic E-state index is 0. The summed E-state index contributed by atoms with van der Waals surface area (Å²) in [6.07, 6.45) is 0. The van der Waals surface area contributed by atoms with E-state index in [4.69, 9.17) is 20.2 Å². The van der Waals surface area contributed by atoms with E-state index in [-0.39, 0.29) is 1.43 Å². The molecular weight excluding hydrogens is 414 g/mol. The van der Waals surface area contributed by atoms with Gasteiger partial charge in [-0.15, -0.1) is 0 Å². The van der Waals surface area contributed by atoms with Gasteiger partial charge in [0.15, 0.2) is 0 Å². The van der Waals surface area contributed by atoms with Crippen LogP contribution in [0.3, 0.4) is 0 Å². The summed E-state index contributed by atoms with van der Waals surface area (Å²) >= 11 is 0. The molecule has 0 atom stereocenters. The highest BCUT2D eigenvalue weighted by Gasteiger charge is 2.20. The van der Waals surface area contributed by atoms with Crippen molar-refractivity contribution >= 4 is 28.1 Å². The molecule has 3 aromatic carbocycles. The lowest BCUT2D eigenvalue weighted by Gasteiger charge is -2.23. The number of fused-ring (bicyclic) bond motifs is 2. The molecule has 7 heteroatoms. The number of aromatic nitrogens is 2. The summed E-state index contributed by atoms with van der Waals surface area (Å²) in [6, 6.07) is 18.3. The van der Waals surface area contributed by atoms with Gasteiger partial charge in [0.05, 0.1) is 30.5 Å². The lowest BCUT2D eigenvalue weighted by molar-refractivity contribution is 0.331. The second-order valence-electron chi connectivity index (χ2n) is 8.12. The highest BCUT2D eigenvalue weighted by Crippen LogP contribution is 2.34. The molecule has 4 aromatic rings. The number of ether oxygens (including phenoxy) is 2. The Hall–Kier alpha value is -4.00. The second kappa shape index (κ2) is 8.50. The molecule has 1 aliphatic rings. The van der Waals surface area contributed by atoms with Gasteiger partial charge in [-0.3, -0.25) is 0 Å². The number of aryl methyl sites for hydroxylation is 1. The molecule has 0 unspecified atom stereocenters. The third-order valence-electron chi connectivity index (χ3n) is 5.99. The molecule has 0 radical (unpaired) electrons. The van der Waals surface area contributed by atoms with E-state index in [1.807, 2.05) is 50.4 Å². The molecule has 0 amide bonds. The first-order valence-electron chi connectivity index (χ1n) is 11.0. The Bertz CT molecular complexity index is 1340. The van der Waals surface area contributed by atoms with Crippen molar-refractivity contribution in [2.75, 3.05) is 43.3 Å². The molecule has 0 bridgehead atoms. The van der Waals surface area contributed by atoms with Crippen LogP contribution in [-0.2, 0) is 6.54 Å². The van der Waals surface area contributed by atoms with Gasteiger partial charge in [-0.1, -0.05) is 12.1 Å². The molecule has 0 spiro atoms. The number of hydrogen-bond acceptors (Lipinski definition) is 7. The molecule has 33 heavy (non-hydrogen) atoms. The van der Waals surface area contributed by atoms with Crippen molar-refractivity contribution in [2.45, 2.75) is 13.5 Å². The molecule has 2 heterocycles. The van der Waals surface area contributed by atoms with Crippen LogP contribution in [0.2, 0.25) is 0 Å². The highest BCUT2D eigenvalue weighted by molar-refractivity contribution is 5.90. The van der Waals surface area contributed by atoms with Gasteiger partial charge in [0, 0.05) is 32.0 Å². The van der Waals surface area contributed by atoms with Crippen LogP contribution in [0, 0.1) is 6.92 Å². The number of anilines is 3. The molecule has 0 saturated heterocycles. The van der Waals surface area contributed by atoms with E-state index >= 15 is 0 Å². The lowest BCUT2D eigenvalue weighted by atomic mass is 10.0. The third kappa shape index (κ3) is 3.98. The Kier molecular flexibility index (Phi) is 5.38. The molecule has 0 saturated carbocycles. The van der Waals surface area contributed by atoms with Crippen molar-refractivity contribution in [3.63, 3.8) is 0 Å². The zero-order valence-electron chi connectivity index (χ0n) is 19.1. The summed E-state index contributed by atoms with van der Waals surface area (Å²) in [7, 11) is 3.53. The number of nitrogens with one attached hydrogen (secondary N) is 1. The molecular formula is C26H29N5O2. The number of hydrogen-bond donors (Lipinski definition) is 2. The van der Waals surface area contributed by atoms with Crippen LogP contribution in [0.5, 0.6) is 11.5 Å². The van der Waals surface area contributed by atoms with Crippen LogP contribution in [0.25, 0.3) is 22.0 Å². The number of methoxy groups -OCH3 is 1. The predicted octanol–water partition coefficient (Wildman–Crippen LogP) is 4.88. The molecule has 1 aliphatic heterocycles. The largest absolute Gasteiger partial charge is 0.497 e. The number of nitrogens with two attached hydrogens (primary N) is 1. The van der Waals surface area contributed by atoms with Gasteiger partial charge in [-0.2, -0.15) is 0 Å². The molecule has 7 nitrogen and oxygen atoms in total. The fourth-order valence-corrected chi connectivity index (χ4v) is 4.30. The van der Waals surface area contributed by atoms with Crippen LogP contribution in [-0.4, -0.2) is 37.3 Å². The zero-order valence-corrected chi connectivity index (χ0v) is 19.1. The molecule has 0 aliphatic carbocycles. The van der Waals surface area contributed by atoms with Gasteiger partial charge < -0.3 is 25.4 Å². The number of rotatable bonds is 4. The normalized spacial score (nSPS) is 13.2. The first-order chi connectivity index (χ1) is 16.1. The predicted molar refractivity (Wildman–Crippen MR) is 135 cm³/mol. The van der Waals surface area contributed by atoms with Gasteiger partial charge in [0.2, 0.25) is 0 Å². The maximum absolute atomic E-state index is 6.20. The van der Waals surface area contributed by atoms with Crippen LogP contribution < -0.4 is 25.4 Å². The minimum atomic E-state index is 0. The second-order valence-corrected chi connectivity index (χ2v) is 8.12. The maximum Gasteiger partial charge on any atom is 0.140 e. The van der Waals surface area contributed by atoms with Gasteiger partial charge in [-0.05, 0) is 54.4 Å². The number of benzene rings is 3. The summed E-state index contributed by atoms with van der Waals surface area (Å²) < 4.78 is 11.5. The molecule has 3 N–H and O–H groups in total. The molecule has 170 valence electrons. The SMILES string of the molecule is CNc1ccc(-c2ccc3c(c2)CN(c2nc(C)nc4cc(OC)ccc24)CCO3)cc1N.[HH]. The van der Waals surface area contributed by atoms with Crippen LogP contribution >= 0.6 is 0 Å². The summed E-state index contributed by atoms with van der Waals surface area (Å²) in [5, 5.41) is 4.11. The summed E-state index contributed by atoms with van der Waals surface area (Å²) in [6.45, 7) is 3.91. The van der Waals surface area contributed by atoms with Gasteiger partial charge in [-0.25, -0.2) is 9.97 Å². The van der Waals surface area contributed by atoms with Crippen LogP contribution in [0.4, 0.5) is 17.2 Å². The topological polar surface area (TPSA) is 85.5 Å². The third-order valence-corrected chi connectivity index (χ3v) is 5.99. The average Bonchev–Trinajstić information content (AvgIpc) is 3.04. The van der Waals surface area contributed by atoms with E-state index < -0.39 is 0 Å². The fraction of sp³-hybridized carbons (Fsp3) is 0.231. The summed E-state index contributed by atoms with van der Waals surface area (Å²) in [5.41, 5.74) is 12.0. The first kappa shape index (κ1) is 20.9. The van der Waals surface area contributed by atoms with Crippen molar-refractivity contribution in [3.8, 4) is 22.6 Å². The van der Waals surface area contributed by atoms with Crippen molar-refractivity contribution in [3.05, 3.63) is 66.0 Å². The van der Waals surface area contributed by atoms with Crippen LogP contribution in [0.1, 0.15) is 12.8 Å². The highest BCUT2D eigenvalue weighted by atomic mass is 16.5. The lowest BCUT2D eigenvalue weighted by Crippen LogP contribution is -2.26. The molecule has 0 fully saturated rings. The van der Waals surface area contributed by atoms with E-state index in [9.17, 15) is 0 Å². The summed E-state index contributed by atoms with van der Waals surface area (Å²) in [5.74, 6) is 3.32. The van der Waals surface area contributed by atoms with E-state index in [0.717, 1.165) is 68.7 Å². The Balaban J connectivity index is 0.00000274. The maximum atomic E-state index is 6.20. The Morgan fingerprint density at radius 2 is 1.88 bits per heavy atom. The van der Waals surface area contributed by atoms with Crippen molar-refractivity contribution in [1.82, 2.24) is 9.97 Å².